The summed E-state index contributed by atoms with van der Waals surface area (Å²) in [6.07, 6.45) is 8.31. The molecule has 162 valence electrons. The molecule has 5 rings (SSSR count). The summed E-state index contributed by atoms with van der Waals surface area (Å²) in [6.45, 7) is 0. The summed E-state index contributed by atoms with van der Waals surface area (Å²) >= 11 is 0. The molecule has 0 bridgehead atoms. The minimum atomic E-state index is -3.96. The van der Waals surface area contributed by atoms with E-state index < -0.39 is 15.8 Å². The molecule has 0 fully saturated rings. The maximum absolute atomic E-state index is 13.5. The highest BCUT2D eigenvalue weighted by atomic mass is 32.2. The molecule has 3 aromatic heterocycles. The molecule has 33 heavy (non-hydrogen) atoms. The largest absolute Gasteiger partial charge is 0.278 e. The van der Waals surface area contributed by atoms with Crippen molar-refractivity contribution in [3.05, 3.63) is 104 Å². The van der Waals surface area contributed by atoms with Gasteiger partial charge in [0.05, 0.1) is 22.3 Å². The first kappa shape index (κ1) is 20.7. The summed E-state index contributed by atoms with van der Waals surface area (Å²) in [5, 5.41) is 0.951. The molecular weight excluding hydrogens is 439 g/mol. The number of nitrogens with zero attached hydrogens (tertiary/aromatic N) is 3. The normalized spacial score (nSPS) is 11.4. The van der Waals surface area contributed by atoms with Crippen LogP contribution in [0, 0.1) is 5.82 Å². The van der Waals surface area contributed by atoms with Crippen LogP contribution < -0.4 is 4.72 Å². The molecule has 5 aromatic rings. The topological polar surface area (TPSA) is 84.8 Å². The molecule has 2 aromatic carbocycles. The number of hydrogen-bond acceptors (Lipinski definition) is 5. The number of rotatable bonds is 5. The van der Waals surface area contributed by atoms with Crippen molar-refractivity contribution in [2.75, 3.05) is 4.72 Å². The number of fused-ring (bicyclic) bond motifs is 1. The van der Waals surface area contributed by atoms with E-state index in [1.54, 1.807) is 30.9 Å². The first-order valence-electron chi connectivity index (χ1n) is 10.0. The Morgan fingerprint density at radius 1 is 0.758 bits per heavy atom. The predicted octanol–water partition coefficient (Wildman–Crippen LogP) is 5.30. The third-order valence-electron chi connectivity index (χ3n) is 5.16. The van der Waals surface area contributed by atoms with Crippen molar-refractivity contribution in [3.63, 3.8) is 0 Å². The maximum Gasteiger partial charge on any atom is 0.262 e. The van der Waals surface area contributed by atoms with E-state index in [1.807, 2.05) is 36.4 Å². The minimum Gasteiger partial charge on any atom is -0.278 e. The van der Waals surface area contributed by atoms with Gasteiger partial charge in [-0.05, 0) is 71.3 Å². The molecule has 0 saturated heterocycles. The smallest absolute Gasteiger partial charge is 0.262 e. The van der Waals surface area contributed by atoms with Gasteiger partial charge in [0.15, 0.2) is 0 Å². The Kier molecular flexibility index (Phi) is 5.27. The van der Waals surface area contributed by atoms with Gasteiger partial charge in [-0.2, -0.15) is 0 Å². The van der Waals surface area contributed by atoms with Gasteiger partial charge in [-0.3, -0.25) is 19.7 Å². The molecule has 8 heteroatoms. The van der Waals surface area contributed by atoms with E-state index in [-0.39, 0.29) is 10.6 Å². The number of aromatic nitrogens is 3. The molecule has 3 heterocycles. The first-order valence-corrected chi connectivity index (χ1v) is 11.5. The minimum absolute atomic E-state index is 0.160. The Balaban J connectivity index is 1.53. The molecule has 0 aliphatic heterocycles. The van der Waals surface area contributed by atoms with Crippen LogP contribution in [0.1, 0.15) is 0 Å². The van der Waals surface area contributed by atoms with Gasteiger partial charge in [-0.1, -0.05) is 12.1 Å². The fourth-order valence-corrected chi connectivity index (χ4v) is 4.68. The molecule has 6 nitrogen and oxygen atoms in total. The SMILES string of the molecule is O=S(=O)(Nc1cncc(-c2ccc3nccc(-c4ccncc4)c3c2)c1)c1cccc(F)c1. The Morgan fingerprint density at radius 2 is 1.61 bits per heavy atom. The second kappa shape index (κ2) is 8.40. The highest BCUT2D eigenvalue weighted by Crippen LogP contribution is 2.31. The Bertz CT molecular complexity index is 1570. The van der Waals surface area contributed by atoms with E-state index >= 15 is 0 Å². The molecule has 0 atom stereocenters. The van der Waals surface area contributed by atoms with Gasteiger partial charge in [0.25, 0.3) is 10.0 Å². The van der Waals surface area contributed by atoms with E-state index in [0.717, 1.165) is 39.2 Å². The monoisotopic (exact) mass is 456 g/mol. The number of halogens is 1. The Morgan fingerprint density at radius 3 is 2.42 bits per heavy atom. The highest BCUT2D eigenvalue weighted by Gasteiger charge is 2.16. The maximum atomic E-state index is 13.5. The van der Waals surface area contributed by atoms with Crippen LogP contribution in [-0.4, -0.2) is 23.4 Å². The van der Waals surface area contributed by atoms with Crippen molar-refractivity contribution < 1.29 is 12.8 Å². The molecule has 0 unspecified atom stereocenters. The van der Waals surface area contributed by atoms with Gasteiger partial charge in [0.1, 0.15) is 5.82 Å². The number of anilines is 1. The van der Waals surface area contributed by atoms with Gasteiger partial charge in [-0.25, -0.2) is 12.8 Å². The van der Waals surface area contributed by atoms with Crippen molar-refractivity contribution in [2.24, 2.45) is 0 Å². The third kappa shape index (κ3) is 4.28. The lowest BCUT2D eigenvalue weighted by Gasteiger charge is -2.11. The van der Waals surface area contributed by atoms with Crippen LogP contribution in [0.15, 0.2) is 103 Å². The van der Waals surface area contributed by atoms with E-state index in [4.69, 9.17) is 0 Å². The van der Waals surface area contributed by atoms with Gasteiger partial charge in [0.2, 0.25) is 0 Å². The van der Waals surface area contributed by atoms with E-state index in [2.05, 4.69) is 19.7 Å². The zero-order valence-corrected chi connectivity index (χ0v) is 18.0. The fourth-order valence-electron chi connectivity index (χ4n) is 3.61. The van der Waals surface area contributed by atoms with Crippen LogP contribution >= 0.6 is 0 Å². The fraction of sp³-hybridized carbons (Fsp3) is 0. The van der Waals surface area contributed by atoms with E-state index in [0.29, 0.717) is 0 Å². The summed E-state index contributed by atoms with van der Waals surface area (Å²) in [4.78, 5) is 12.6. The number of pyridine rings is 3. The third-order valence-corrected chi connectivity index (χ3v) is 6.54. The van der Waals surface area contributed by atoms with Crippen LogP contribution in [0.3, 0.4) is 0 Å². The van der Waals surface area contributed by atoms with Gasteiger partial charge >= 0.3 is 0 Å². The zero-order valence-electron chi connectivity index (χ0n) is 17.2. The lowest BCUT2D eigenvalue weighted by Crippen LogP contribution is -2.13. The predicted molar refractivity (Wildman–Crippen MR) is 125 cm³/mol. The Labute approximate surface area is 189 Å². The number of benzene rings is 2. The summed E-state index contributed by atoms with van der Waals surface area (Å²) in [6, 6.07) is 18.2. The van der Waals surface area contributed by atoms with Crippen molar-refractivity contribution in [2.45, 2.75) is 4.90 Å². The molecule has 0 saturated carbocycles. The summed E-state index contributed by atoms with van der Waals surface area (Å²) in [5.41, 5.74) is 4.72. The lowest BCUT2D eigenvalue weighted by atomic mass is 9.98. The molecule has 0 radical (unpaired) electrons. The number of nitrogens with one attached hydrogen (secondary N) is 1. The summed E-state index contributed by atoms with van der Waals surface area (Å²) < 4.78 is 41.3. The van der Waals surface area contributed by atoms with E-state index in [9.17, 15) is 12.8 Å². The van der Waals surface area contributed by atoms with Gasteiger partial charge in [-0.15, -0.1) is 0 Å². The summed E-state index contributed by atoms with van der Waals surface area (Å²) in [5.74, 6) is -0.625. The standard InChI is InChI=1S/C25H17FN4O2S/c26-20-2-1-3-22(14-20)33(31,32)30-21-12-19(15-28-16-21)18-4-5-25-24(13-18)23(8-11-29-25)17-6-9-27-10-7-17/h1-16,30H. The average molecular weight is 457 g/mol. The van der Waals surface area contributed by atoms with Crippen LogP contribution in [-0.2, 0) is 10.0 Å². The van der Waals surface area contributed by atoms with E-state index in [1.165, 1.54) is 24.4 Å². The number of sulfonamides is 1. The molecule has 0 aliphatic rings. The lowest BCUT2D eigenvalue weighted by molar-refractivity contribution is 0.595. The van der Waals surface area contributed by atoms with Crippen molar-refractivity contribution in [1.29, 1.82) is 0 Å². The second-order valence-corrected chi connectivity index (χ2v) is 9.03. The quantitative estimate of drug-likeness (QED) is 0.388. The van der Waals surface area contributed by atoms with Gasteiger partial charge < -0.3 is 0 Å². The molecule has 0 amide bonds. The van der Waals surface area contributed by atoms with Crippen LogP contribution in [0.25, 0.3) is 33.2 Å². The molecule has 0 spiro atoms. The highest BCUT2D eigenvalue weighted by molar-refractivity contribution is 7.92. The first-order chi connectivity index (χ1) is 16.0. The zero-order chi connectivity index (χ0) is 22.8. The molecular formula is C25H17FN4O2S. The van der Waals surface area contributed by atoms with Crippen molar-refractivity contribution >= 4 is 26.6 Å². The summed E-state index contributed by atoms with van der Waals surface area (Å²) in [7, 11) is -3.96. The van der Waals surface area contributed by atoms with Crippen LogP contribution in [0.2, 0.25) is 0 Å². The molecule has 1 N–H and O–H groups in total. The van der Waals surface area contributed by atoms with Crippen molar-refractivity contribution in [1.82, 2.24) is 15.0 Å². The average Bonchev–Trinajstić information content (AvgIpc) is 2.84. The van der Waals surface area contributed by atoms with Gasteiger partial charge in [0, 0.05) is 35.7 Å². The van der Waals surface area contributed by atoms with Crippen molar-refractivity contribution in [3.8, 4) is 22.3 Å². The Hall–Kier alpha value is -4.17. The van der Waals surface area contributed by atoms with Crippen LogP contribution in [0.5, 0.6) is 0 Å². The number of hydrogen-bond donors (Lipinski definition) is 1. The van der Waals surface area contributed by atoms with Crippen LogP contribution in [0.4, 0.5) is 10.1 Å². The molecule has 0 aliphatic carbocycles. The second-order valence-electron chi connectivity index (χ2n) is 7.35.